The lowest BCUT2D eigenvalue weighted by molar-refractivity contribution is 0.221. The van der Waals surface area contributed by atoms with Gasteiger partial charge in [-0.15, -0.1) is 0 Å². The summed E-state index contributed by atoms with van der Waals surface area (Å²) >= 11 is 0. The molecule has 13 heavy (non-hydrogen) atoms. The van der Waals surface area contributed by atoms with Gasteiger partial charge in [0.05, 0.1) is 0 Å². The van der Waals surface area contributed by atoms with Crippen molar-refractivity contribution in [2.75, 3.05) is 0 Å². The molecule has 5 nitrogen and oxygen atoms in total. The van der Waals surface area contributed by atoms with Gasteiger partial charge in [0.2, 0.25) is 0 Å². The van der Waals surface area contributed by atoms with Crippen molar-refractivity contribution in [1.29, 1.82) is 0 Å². The molecule has 1 rings (SSSR count). The summed E-state index contributed by atoms with van der Waals surface area (Å²) in [6.07, 6.45) is 0. The van der Waals surface area contributed by atoms with E-state index < -0.39 is 15.4 Å². The van der Waals surface area contributed by atoms with E-state index >= 15 is 0 Å². The molecule has 0 saturated carbocycles. The number of carbonyl (C=O) groups is 1. The molecule has 0 aliphatic carbocycles. The molecule has 0 fully saturated rings. The van der Waals surface area contributed by atoms with Crippen LogP contribution in [0.25, 0.3) is 0 Å². The first-order valence-corrected chi connectivity index (χ1v) is 4.68. The maximum Gasteiger partial charge on any atom is 0.457 e. The molecule has 1 aromatic carbocycles. The fourth-order valence-electron chi connectivity index (χ4n) is 0.637. The van der Waals surface area contributed by atoms with Crippen LogP contribution in [0.3, 0.4) is 0 Å². The van der Waals surface area contributed by atoms with Crippen LogP contribution in [0.5, 0.6) is 5.75 Å². The van der Waals surface area contributed by atoms with Gasteiger partial charge in [-0.2, -0.15) is 8.42 Å². The van der Waals surface area contributed by atoms with Gasteiger partial charge in [0, 0.05) is 0 Å². The topological polar surface area (TPSA) is 80.7 Å². The first-order valence-electron chi connectivity index (χ1n) is 3.24. The van der Waals surface area contributed by atoms with Crippen molar-refractivity contribution in [3.63, 3.8) is 0 Å². The lowest BCUT2D eigenvalue weighted by Crippen LogP contribution is -2.17. The standard InChI is InChI=1S/C7H6O5S/c8-7(13(9,10)11)12-6-4-2-1-3-5-6/h1-5H,(H,9,10,11). The minimum Gasteiger partial charge on any atom is -0.413 e. The molecule has 1 N–H and O–H groups in total. The molecule has 1 aromatic rings. The van der Waals surface area contributed by atoms with E-state index in [0.29, 0.717) is 0 Å². The zero-order chi connectivity index (χ0) is 9.90. The number of para-hydroxylation sites is 1. The van der Waals surface area contributed by atoms with Gasteiger partial charge < -0.3 is 4.74 Å². The Bertz CT molecular complexity index is 394. The summed E-state index contributed by atoms with van der Waals surface area (Å²) in [7, 11) is -4.76. The Morgan fingerprint density at radius 3 is 2.23 bits per heavy atom. The number of benzene rings is 1. The van der Waals surface area contributed by atoms with Gasteiger partial charge in [-0.05, 0) is 12.1 Å². The van der Waals surface area contributed by atoms with E-state index in [0.717, 1.165) is 0 Å². The highest BCUT2D eigenvalue weighted by atomic mass is 32.2. The first kappa shape index (κ1) is 9.69. The van der Waals surface area contributed by atoms with E-state index in [1.54, 1.807) is 18.2 Å². The second-order valence-electron chi connectivity index (χ2n) is 2.14. The van der Waals surface area contributed by atoms with Crippen LogP contribution in [-0.2, 0) is 10.1 Å². The molecular formula is C7H6O5S. The van der Waals surface area contributed by atoms with E-state index in [4.69, 9.17) is 4.55 Å². The quantitative estimate of drug-likeness (QED) is 0.544. The van der Waals surface area contributed by atoms with Crippen molar-refractivity contribution in [3.8, 4) is 5.75 Å². The Kier molecular flexibility index (Phi) is 2.64. The van der Waals surface area contributed by atoms with Crippen molar-refractivity contribution >= 4 is 15.4 Å². The van der Waals surface area contributed by atoms with Gasteiger partial charge >= 0.3 is 15.4 Å². The Hall–Kier alpha value is -1.40. The summed E-state index contributed by atoms with van der Waals surface area (Å²) in [5.74, 6) is 0.0603. The SMILES string of the molecule is O=C(Oc1ccccc1)S(=O)(=O)O. The van der Waals surface area contributed by atoms with Crippen LogP contribution < -0.4 is 4.74 Å². The van der Waals surface area contributed by atoms with Gasteiger partial charge in [0.25, 0.3) is 0 Å². The van der Waals surface area contributed by atoms with Crippen LogP contribution in [0.2, 0.25) is 0 Å². The molecule has 0 spiro atoms. The molecule has 0 unspecified atom stereocenters. The van der Waals surface area contributed by atoms with Gasteiger partial charge in [0.15, 0.2) is 0 Å². The van der Waals surface area contributed by atoms with Crippen molar-refractivity contribution in [3.05, 3.63) is 30.3 Å². The fraction of sp³-hybridized carbons (Fsp3) is 0. The third kappa shape index (κ3) is 2.85. The number of hydrogen-bond acceptors (Lipinski definition) is 4. The summed E-state index contributed by atoms with van der Waals surface area (Å²) in [5.41, 5.74) is 0. The maximum atomic E-state index is 10.6. The molecule has 0 bridgehead atoms. The van der Waals surface area contributed by atoms with Crippen LogP contribution in [0.15, 0.2) is 30.3 Å². The normalized spacial score (nSPS) is 10.8. The monoisotopic (exact) mass is 202 g/mol. The molecule has 0 aliphatic rings. The van der Waals surface area contributed by atoms with Crippen LogP contribution in [0.1, 0.15) is 0 Å². The second-order valence-corrected chi connectivity index (χ2v) is 3.42. The lowest BCUT2D eigenvalue weighted by atomic mass is 10.3. The third-order valence-corrected chi connectivity index (χ3v) is 1.66. The van der Waals surface area contributed by atoms with Crippen molar-refractivity contribution < 1.29 is 22.5 Å². The molecule has 70 valence electrons. The average molecular weight is 202 g/mol. The van der Waals surface area contributed by atoms with Crippen LogP contribution in [-0.4, -0.2) is 18.3 Å². The summed E-state index contributed by atoms with van der Waals surface area (Å²) in [6.45, 7) is 0. The molecule has 6 heteroatoms. The summed E-state index contributed by atoms with van der Waals surface area (Å²) in [5, 5.41) is -1.68. The van der Waals surface area contributed by atoms with Gasteiger partial charge in [-0.25, -0.2) is 4.79 Å². The zero-order valence-corrected chi connectivity index (χ0v) is 7.19. The number of hydrogen-bond donors (Lipinski definition) is 1. The summed E-state index contributed by atoms with van der Waals surface area (Å²) in [4.78, 5) is 10.6. The van der Waals surface area contributed by atoms with Crippen LogP contribution >= 0.6 is 0 Å². The largest absolute Gasteiger partial charge is 0.457 e. The van der Waals surface area contributed by atoms with Crippen molar-refractivity contribution in [2.45, 2.75) is 0 Å². The summed E-state index contributed by atoms with van der Waals surface area (Å²) in [6, 6.07) is 7.58. The van der Waals surface area contributed by atoms with E-state index in [1.807, 2.05) is 0 Å². The maximum absolute atomic E-state index is 10.6. The van der Waals surface area contributed by atoms with Crippen LogP contribution in [0.4, 0.5) is 4.79 Å². The molecule has 0 radical (unpaired) electrons. The van der Waals surface area contributed by atoms with Gasteiger partial charge in [-0.3, -0.25) is 4.55 Å². The summed E-state index contributed by atoms with van der Waals surface area (Å²) < 4.78 is 33.0. The zero-order valence-electron chi connectivity index (χ0n) is 6.38. The fourth-order valence-corrected chi connectivity index (χ4v) is 0.839. The third-order valence-electron chi connectivity index (χ3n) is 1.16. The Morgan fingerprint density at radius 2 is 1.77 bits per heavy atom. The predicted molar refractivity (Wildman–Crippen MR) is 44.0 cm³/mol. The minimum atomic E-state index is -4.76. The molecule has 0 amide bonds. The first-order chi connectivity index (χ1) is 6.00. The van der Waals surface area contributed by atoms with Gasteiger partial charge in [-0.1, -0.05) is 18.2 Å². The Morgan fingerprint density at radius 1 is 1.23 bits per heavy atom. The van der Waals surface area contributed by atoms with E-state index in [9.17, 15) is 13.2 Å². The second kappa shape index (κ2) is 3.55. The number of rotatable bonds is 1. The molecular weight excluding hydrogens is 196 g/mol. The molecule has 0 atom stereocenters. The van der Waals surface area contributed by atoms with E-state index in [-0.39, 0.29) is 5.75 Å². The van der Waals surface area contributed by atoms with Gasteiger partial charge in [0.1, 0.15) is 5.75 Å². The highest BCUT2D eigenvalue weighted by Gasteiger charge is 2.20. The molecule has 0 saturated heterocycles. The van der Waals surface area contributed by atoms with Crippen molar-refractivity contribution in [2.24, 2.45) is 0 Å². The molecule has 0 heterocycles. The number of ether oxygens (including phenoxy) is 1. The van der Waals surface area contributed by atoms with E-state index in [2.05, 4.69) is 4.74 Å². The average Bonchev–Trinajstić information content (AvgIpc) is 2.04. The van der Waals surface area contributed by atoms with Crippen LogP contribution in [0, 0.1) is 0 Å². The lowest BCUT2D eigenvalue weighted by Gasteiger charge is -1.99. The number of carbonyl (C=O) groups excluding carboxylic acids is 1. The molecule has 0 aliphatic heterocycles. The minimum absolute atomic E-state index is 0.0603. The van der Waals surface area contributed by atoms with Crippen molar-refractivity contribution in [1.82, 2.24) is 0 Å². The Balaban J connectivity index is 2.78. The highest BCUT2D eigenvalue weighted by Crippen LogP contribution is 2.09. The predicted octanol–water partition coefficient (Wildman–Crippen LogP) is 1.07. The van der Waals surface area contributed by atoms with E-state index in [1.165, 1.54) is 12.1 Å². The smallest absolute Gasteiger partial charge is 0.413 e. The highest BCUT2D eigenvalue weighted by molar-refractivity contribution is 8.00. The molecule has 0 aromatic heterocycles. The Labute approximate surface area is 74.7 Å².